The zero-order valence-electron chi connectivity index (χ0n) is 18.3. The molecule has 0 N–H and O–H groups in total. The molecule has 31 heavy (non-hydrogen) atoms. The normalized spacial score (nSPS) is 22.9. The predicted octanol–water partition coefficient (Wildman–Crippen LogP) is 7.06. The second kappa shape index (κ2) is 7.49. The van der Waals surface area contributed by atoms with Crippen LogP contribution in [0.3, 0.4) is 0 Å². The van der Waals surface area contributed by atoms with E-state index >= 15 is 0 Å². The third kappa shape index (κ3) is 3.02. The highest BCUT2D eigenvalue weighted by Crippen LogP contribution is 2.51. The van der Waals surface area contributed by atoms with E-state index < -0.39 is 9.52 Å². The molecule has 0 amide bonds. The zero-order chi connectivity index (χ0) is 20.8. The van der Waals surface area contributed by atoms with E-state index in [0.29, 0.717) is 0 Å². The van der Waals surface area contributed by atoms with Crippen LogP contribution in [-0.4, -0.2) is 9.52 Å². The van der Waals surface area contributed by atoms with Gasteiger partial charge in [-0.2, -0.15) is 0 Å². The molecule has 1 fully saturated rings. The number of fused-ring (bicyclic) bond motifs is 4. The largest absolute Gasteiger partial charge is 0.0851 e. The van der Waals surface area contributed by atoms with Gasteiger partial charge in [0.05, 0.1) is 0 Å². The molecule has 6 rings (SSSR count). The summed E-state index contributed by atoms with van der Waals surface area (Å²) in [6.45, 7) is 2.55. The number of benzene rings is 4. The van der Waals surface area contributed by atoms with Crippen molar-refractivity contribution < 1.29 is 0 Å². The number of hydrogen-bond acceptors (Lipinski definition) is 0. The molecule has 0 heterocycles. The van der Waals surface area contributed by atoms with Gasteiger partial charge in [0.25, 0.3) is 0 Å². The van der Waals surface area contributed by atoms with Gasteiger partial charge in [0, 0.05) is 14.6 Å². The molecule has 0 radical (unpaired) electrons. The van der Waals surface area contributed by atoms with Crippen LogP contribution >= 0.6 is 0 Å². The first-order valence-corrected chi connectivity index (χ1v) is 14.1. The molecular weight excluding hydrogens is 388 g/mol. The molecule has 1 saturated carbocycles. The molecule has 0 saturated heterocycles. The van der Waals surface area contributed by atoms with E-state index in [1.807, 2.05) is 0 Å². The third-order valence-corrected chi connectivity index (χ3v) is 10.5. The maximum atomic E-state index is 2.55. The van der Waals surface area contributed by atoms with Crippen LogP contribution in [0, 0.1) is 17.8 Å². The Balaban J connectivity index is 1.62. The zero-order valence-corrected chi connectivity index (χ0v) is 19.7. The maximum absolute atomic E-state index is 2.55. The number of allylic oxidation sites excluding steroid dienone is 2. The molecule has 4 aromatic rings. The molecule has 2 aliphatic rings. The number of hydrogen-bond donors (Lipinski definition) is 0. The van der Waals surface area contributed by atoms with Crippen molar-refractivity contribution in [3.05, 3.63) is 108 Å². The van der Waals surface area contributed by atoms with Crippen LogP contribution in [0.1, 0.15) is 30.4 Å². The summed E-state index contributed by atoms with van der Waals surface area (Å²) in [7, 11) is -0.425. The molecule has 0 spiro atoms. The third-order valence-electron chi connectivity index (χ3n) is 8.24. The topological polar surface area (TPSA) is 0 Å². The maximum Gasteiger partial charge on any atom is 0.0352 e. The summed E-state index contributed by atoms with van der Waals surface area (Å²) in [5.41, 5.74) is 3.14. The highest BCUT2D eigenvalue weighted by molar-refractivity contribution is 6.41. The van der Waals surface area contributed by atoms with Crippen LogP contribution in [0.15, 0.2) is 97.1 Å². The van der Waals surface area contributed by atoms with Crippen molar-refractivity contribution in [3.63, 3.8) is 0 Å². The average molecular weight is 419 g/mol. The van der Waals surface area contributed by atoms with E-state index in [1.54, 1.807) is 11.1 Å². The van der Waals surface area contributed by atoms with Crippen LogP contribution in [0.2, 0.25) is 6.55 Å². The van der Waals surface area contributed by atoms with Gasteiger partial charge in [-0.3, -0.25) is 0 Å². The first-order chi connectivity index (χ1) is 15.3. The molecule has 3 atom stereocenters. The van der Waals surface area contributed by atoms with E-state index in [2.05, 4.69) is 104 Å². The first-order valence-electron chi connectivity index (χ1n) is 11.9. The molecule has 0 nitrogen and oxygen atoms in total. The lowest BCUT2D eigenvalue weighted by Gasteiger charge is -2.39. The lowest BCUT2D eigenvalue weighted by molar-refractivity contribution is 0.377. The Morgan fingerprint density at radius 2 is 1.29 bits per heavy atom. The van der Waals surface area contributed by atoms with Gasteiger partial charge in [0.2, 0.25) is 0 Å². The van der Waals surface area contributed by atoms with Crippen molar-refractivity contribution in [1.82, 2.24) is 0 Å². The minimum atomic E-state index is -0.425. The molecular formula is C30H30Si. The summed E-state index contributed by atoms with van der Waals surface area (Å²) in [6, 6.07) is 32.1. The Kier molecular flexibility index (Phi) is 4.61. The van der Waals surface area contributed by atoms with Crippen molar-refractivity contribution in [2.75, 3.05) is 0 Å². The summed E-state index contributed by atoms with van der Waals surface area (Å²) >= 11 is 0. The van der Waals surface area contributed by atoms with E-state index in [9.17, 15) is 0 Å². The van der Waals surface area contributed by atoms with Crippen LogP contribution in [0.5, 0.6) is 0 Å². The van der Waals surface area contributed by atoms with Crippen LogP contribution in [-0.2, 0) is 5.04 Å². The van der Waals surface area contributed by atoms with E-state index in [4.69, 9.17) is 0 Å². The molecule has 2 aliphatic carbocycles. The highest BCUT2D eigenvalue weighted by atomic mass is 28.2. The fourth-order valence-corrected chi connectivity index (χ4v) is 8.79. The molecule has 2 bridgehead atoms. The van der Waals surface area contributed by atoms with Gasteiger partial charge in [-0.05, 0) is 69.7 Å². The standard InChI is InChI=1S/C30H30Si/c1-31-30(20-25-19-21-16-17-24(25)18-21,28-14-6-10-22-8-2-4-12-26(22)28)29-15-7-11-23-9-3-5-13-27(23)29/h2-17,21,24-25H,18-20,31H2,1H3. The Morgan fingerprint density at radius 3 is 1.81 bits per heavy atom. The SMILES string of the molecule is C[SiH2]C(CC1CC2C=CC1C2)(c1cccc2ccccc12)c1cccc2ccccc12. The Labute approximate surface area is 187 Å². The van der Waals surface area contributed by atoms with E-state index in [1.165, 1.54) is 40.8 Å². The molecule has 0 aromatic heterocycles. The fourth-order valence-electron chi connectivity index (χ4n) is 6.75. The quantitative estimate of drug-likeness (QED) is 0.240. The Hall–Kier alpha value is -2.64. The van der Waals surface area contributed by atoms with Gasteiger partial charge in [-0.25, -0.2) is 0 Å². The Morgan fingerprint density at radius 1 is 0.710 bits per heavy atom. The van der Waals surface area contributed by atoms with Crippen molar-refractivity contribution in [2.24, 2.45) is 17.8 Å². The summed E-state index contributed by atoms with van der Waals surface area (Å²) in [5, 5.41) is 5.81. The van der Waals surface area contributed by atoms with Crippen LogP contribution < -0.4 is 0 Å². The second-order valence-corrected chi connectivity index (χ2v) is 11.6. The molecule has 3 unspecified atom stereocenters. The van der Waals surface area contributed by atoms with Crippen molar-refractivity contribution in [1.29, 1.82) is 0 Å². The molecule has 4 aromatic carbocycles. The van der Waals surface area contributed by atoms with Gasteiger partial charge in [0.15, 0.2) is 0 Å². The summed E-state index contributed by atoms with van der Waals surface area (Å²) < 4.78 is 0. The first kappa shape index (κ1) is 19.1. The van der Waals surface area contributed by atoms with Crippen LogP contribution in [0.25, 0.3) is 21.5 Å². The van der Waals surface area contributed by atoms with Crippen molar-refractivity contribution in [2.45, 2.75) is 30.8 Å². The lowest BCUT2D eigenvalue weighted by atomic mass is 9.75. The monoisotopic (exact) mass is 418 g/mol. The lowest BCUT2D eigenvalue weighted by Crippen LogP contribution is -2.37. The smallest absolute Gasteiger partial charge is 0.0352 e. The van der Waals surface area contributed by atoms with Gasteiger partial charge in [-0.1, -0.05) is 104 Å². The van der Waals surface area contributed by atoms with Crippen molar-refractivity contribution >= 4 is 31.1 Å². The number of rotatable bonds is 5. The van der Waals surface area contributed by atoms with Crippen molar-refractivity contribution in [3.8, 4) is 0 Å². The Bertz CT molecular complexity index is 1190. The summed E-state index contributed by atoms with van der Waals surface area (Å²) in [5.74, 6) is 2.42. The van der Waals surface area contributed by atoms with Gasteiger partial charge in [-0.15, -0.1) is 0 Å². The molecule has 0 aliphatic heterocycles. The highest BCUT2D eigenvalue weighted by Gasteiger charge is 2.43. The van der Waals surface area contributed by atoms with Gasteiger partial charge in [0.1, 0.15) is 0 Å². The minimum Gasteiger partial charge on any atom is -0.0851 e. The molecule has 154 valence electrons. The second-order valence-electron chi connectivity index (χ2n) is 9.73. The van der Waals surface area contributed by atoms with E-state index in [-0.39, 0.29) is 5.04 Å². The predicted molar refractivity (Wildman–Crippen MR) is 137 cm³/mol. The molecule has 1 heteroatoms. The minimum absolute atomic E-state index is 0.157. The average Bonchev–Trinajstić information content (AvgIpc) is 3.45. The van der Waals surface area contributed by atoms with Crippen LogP contribution in [0.4, 0.5) is 0 Å². The summed E-state index contributed by atoms with van der Waals surface area (Å²) in [4.78, 5) is 0. The van der Waals surface area contributed by atoms with Gasteiger partial charge < -0.3 is 0 Å². The van der Waals surface area contributed by atoms with E-state index in [0.717, 1.165) is 17.8 Å². The van der Waals surface area contributed by atoms with Gasteiger partial charge >= 0.3 is 0 Å². The fraction of sp³-hybridized carbons (Fsp3) is 0.267. The summed E-state index contributed by atoms with van der Waals surface area (Å²) in [6.07, 6.45) is 9.09.